The second-order valence-corrected chi connectivity index (χ2v) is 9.74. The van der Waals surface area contributed by atoms with Gasteiger partial charge < -0.3 is 14.4 Å². The van der Waals surface area contributed by atoms with Crippen molar-refractivity contribution in [2.45, 2.75) is 59.2 Å². The monoisotopic (exact) mass is 434 g/mol. The summed E-state index contributed by atoms with van der Waals surface area (Å²) in [4.78, 5) is 22.2. The Bertz CT molecular complexity index is 1010. The van der Waals surface area contributed by atoms with Crippen LogP contribution in [0.4, 0.5) is 13.2 Å². The summed E-state index contributed by atoms with van der Waals surface area (Å²) in [7, 11) is 1.96. The minimum absolute atomic E-state index is 0.0747. The normalized spacial score (nSPS) is 20.1. The first-order chi connectivity index (χ1) is 14.6. The second kappa shape index (κ2) is 7.97. The molecule has 31 heavy (non-hydrogen) atoms. The van der Waals surface area contributed by atoms with Crippen LogP contribution in [-0.4, -0.2) is 51.4 Å². The number of imidazole rings is 1. The second-order valence-electron chi connectivity index (χ2n) is 9.74. The number of aromatic nitrogens is 2. The number of amides is 1. The van der Waals surface area contributed by atoms with Gasteiger partial charge in [-0.2, -0.15) is 0 Å². The fourth-order valence-electron chi connectivity index (χ4n) is 4.84. The molecular weight excluding hydrogens is 405 g/mol. The van der Waals surface area contributed by atoms with Crippen molar-refractivity contribution in [1.82, 2.24) is 19.4 Å². The highest BCUT2D eigenvalue weighted by Crippen LogP contribution is 2.35. The van der Waals surface area contributed by atoms with Crippen LogP contribution in [0, 0.1) is 22.9 Å². The van der Waals surface area contributed by atoms with Gasteiger partial charge in [-0.25, -0.2) is 18.2 Å². The first-order valence-corrected chi connectivity index (χ1v) is 10.8. The van der Waals surface area contributed by atoms with E-state index >= 15 is 0 Å². The predicted molar refractivity (Wildman–Crippen MR) is 112 cm³/mol. The van der Waals surface area contributed by atoms with Crippen LogP contribution in [0.5, 0.6) is 0 Å². The number of carbonyl (C=O) groups is 1. The molecular formula is C23H29F3N4O. The first-order valence-electron chi connectivity index (χ1n) is 10.8. The van der Waals surface area contributed by atoms with Gasteiger partial charge in [-0.3, -0.25) is 4.79 Å². The fourth-order valence-corrected chi connectivity index (χ4v) is 4.84. The van der Waals surface area contributed by atoms with Crippen molar-refractivity contribution in [2.24, 2.45) is 5.41 Å². The van der Waals surface area contributed by atoms with Crippen LogP contribution in [0.15, 0.2) is 12.1 Å². The van der Waals surface area contributed by atoms with Gasteiger partial charge in [0.25, 0.3) is 5.91 Å². The Morgan fingerprint density at radius 2 is 1.74 bits per heavy atom. The largest absolute Gasteiger partial charge is 0.334 e. The van der Waals surface area contributed by atoms with E-state index in [4.69, 9.17) is 0 Å². The number of fused-ring (bicyclic) bond motifs is 1. The summed E-state index contributed by atoms with van der Waals surface area (Å²) >= 11 is 0. The lowest BCUT2D eigenvalue weighted by Gasteiger charge is -2.35. The molecule has 0 radical (unpaired) electrons. The van der Waals surface area contributed by atoms with E-state index in [2.05, 4.69) is 30.7 Å². The van der Waals surface area contributed by atoms with Crippen molar-refractivity contribution in [3.8, 4) is 11.4 Å². The van der Waals surface area contributed by atoms with Crippen molar-refractivity contribution >= 4 is 5.91 Å². The molecule has 2 aromatic rings. The van der Waals surface area contributed by atoms with E-state index in [1.165, 1.54) is 0 Å². The number of nitrogens with zero attached hydrogens (tertiary/aromatic N) is 4. The number of rotatable bonds is 2. The molecule has 2 aliphatic rings. The van der Waals surface area contributed by atoms with Gasteiger partial charge in [0.1, 0.15) is 11.6 Å². The molecule has 4 rings (SSSR count). The summed E-state index contributed by atoms with van der Waals surface area (Å²) in [5.74, 6) is -3.27. The molecule has 0 saturated carbocycles. The predicted octanol–water partition coefficient (Wildman–Crippen LogP) is 4.45. The molecule has 1 atom stereocenters. The van der Waals surface area contributed by atoms with E-state index in [1.807, 2.05) is 11.9 Å². The summed E-state index contributed by atoms with van der Waals surface area (Å²) < 4.78 is 43.9. The van der Waals surface area contributed by atoms with Gasteiger partial charge >= 0.3 is 0 Å². The van der Waals surface area contributed by atoms with Crippen LogP contribution in [0.2, 0.25) is 0 Å². The standard InChI is InChI=1S/C23H29F3N4O/c1-23(2,3)19-7-5-9-30(19)22(31)20-18-13-28(4)8-6-10-29(18)21(27-20)14-11-16(25)17(26)12-15(14)24/h11-12,19H,5-10,13H2,1-4H3. The summed E-state index contributed by atoms with van der Waals surface area (Å²) in [5.41, 5.74) is 0.777. The highest BCUT2D eigenvalue weighted by molar-refractivity contribution is 5.95. The average molecular weight is 435 g/mol. The van der Waals surface area contributed by atoms with Gasteiger partial charge in [-0.15, -0.1) is 0 Å². The number of likely N-dealkylation sites (tertiary alicyclic amines) is 1. The molecule has 0 aliphatic carbocycles. The lowest BCUT2D eigenvalue weighted by Crippen LogP contribution is -2.43. The third-order valence-electron chi connectivity index (χ3n) is 6.38. The third-order valence-corrected chi connectivity index (χ3v) is 6.38. The zero-order chi connectivity index (χ0) is 22.5. The van der Waals surface area contributed by atoms with E-state index in [9.17, 15) is 18.0 Å². The van der Waals surface area contributed by atoms with Crippen LogP contribution in [0.25, 0.3) is 11.4 Å². The molecule has 1 unspecified atom stereocenters. The van der Waals surface area contributed by atoms with Crippen LogP contribution >= 0.6 is 0 Å². The molecule has 0 bridgehead atoms. The first kappa shape index (κ1) is 21.9. The zero-order valence-corrected chi connectivity index (χ0v) is 18.5. The molecule has 1 saturated heterocycles. The van der Waals surface area contributed by atoms with Crippen molar-refractivity contribution < 1.29 is 18.0 Å². The Morgan fingerprint density at radius 1 is 1.03 bits per heavy atom. The van der Waals surface area contributed by atoms with Crippen LogP contribution in [0.1, 0.15) is 56.2 Å². The van der Waals surface area contributed by atoms with E-state index in [0.29, 0.717) is 31.4 Å². The van der Waals surface area contributed by atoms with Crippen LogP contribution in [0.3, 0.4) is 0 Å². The minimum atomic E-state index is -1.25. The SMILES string of the molecule is CN1CCCn2c(-c3cc(F)c(F)cc3F)nc(C(=O)N3CCCC3C(C)(C)C)c2C1. The van der Waals surface area contributed by atoms with Gasteiger partial charge in [0.15, 0.2) is 17.3 Å². The molecule has 168 valence electrons. The smallest absolute Gasteiger partial charge is 0.274 e. The number of halogens is 3. The fraction of sp³-hybridized carbons (Fsp3) is 0.565. The summed E-state index contributed by atoms with van der Waals surface area (Å²) in [5, 5.41) is 0. The zero-order valence-electron chi connectivity index (χ0n) is 18.5. The van der Waals surface area contributed by atoms with E-state index < -0.39 is 17.5 Å². The van der Waals surface area contributed by atoms with E-state index in [0.717, 1.165) is 31.9 Å². The molecule has 5 nitrogen and oxygen atoms in total. The maximum Gasteiger partial charge on any atom is 0.274 e. The summed E-state index contributed by atoms with van der Waals surface area (Å²) in [6, 6.07) is 1.45. The Kier molecular flexibility index (Phi) is 5.62. The van der Waals surface area contributed by atoms with Gasteiger partial charge in [0.05, 0.1) is 11.3 Å². The molecule has 0 N–H and O–H groups in total. The topological polar surface area (TPSA) is 41.4 Å². The number of benzene rings is 1. The molecule has 1 aromatic heterocycles. The van der Waals surface area contributed by atoms with Crippen molar-refractivity contribution in [3.05, 3.63) is 41.0 Å². The molecule has 1 amide bonds. The molecule has 8 heteroatoms. The molecule has 1 fully saturated rings. The number of carbonyl (C=O) groups excluding carboxylic acids is 1. The average Bonchev–Trinajstić information content (AvgIpc) is 3.26. The van der Waals surface area contributed by atoms with Gasteiger partial charge in [-0.1, -0.05) is 20.8 Å². The Morgan fingerprint density at radius 3 is 2.45 bits per heavy atom. The lowest BCUT2D eigenvalue weighted by molar-refractivity contribution is 0.0618. The minimum Gasteiger partial charge on any atom is -0.334 e. The number of hydrogen-bond donors (Lipinski definition) is 0. The molecule has 2 aliphatic heterocycles. The van der Waals surface area contributed by atoms with Gasteiger partial charge in [0, 0.05) is 31.7 Å². The van der Waals surface area contributed by atoms with E-state index in [1.54, 1.807) is 4.57 Å². The van der Waals surface area contributed by atoms with Crippen LogP contribution < -0.4 is 0 Å². The lowest BCUT2D eigenvalue weighted by atomic mass is 9.85. The highest BCUT2D eigenvalue weighted by Gasteiger charge is 2.39. The van der Waals surface area contributed by atoms with Gasteiger partial charge in [0.2, 0.25) is 0 Å². The van der Waals surface area contributed by atoms with Crippen LogP contribution in [-0.2, 0) is 13.1 Å². The molecule has 3 heterocycles. The molecule has 0 spiro atoms. The highest BCUT2D eigenvalue weighted by atomic mass is 19.2. The van der Waals surface area contributed by atoms with Gasteiger partial charge in [-0.05, 0) is 44.3 Å². The Balaban J connectivity index is 1.84. The maximum atomic E-state index is 14.6. The Labute approximate surface area is 180 Å². The summed E-state index contributed by atoms with van der Waals surface area (Å²) in [6.07, 6.45) is 2.63. The number of hydrogen-bond acceptors (Lipinski definition) is 3. The quantitative estimate of drug-likeness (QED) is 0.656. The van der Waals surface area contributed by atoms with Crippen molar-refractivity contribution in [2.75, 3.05) is 20.1 Å². The Hall–Kier alpha value is -2.35. The van der Waals surface area contributed by atoms with E-state index in [-0.39, 0.29) is 34.4 Å². The third kappa shape index (κ3) is 3.97. The van der Waals surface area contributed by atoms with Crippen molar-refractivity contribution in [1.29, 1.82) is 0 Å². The molecule has 1 aromatic carbocycles. The summed E-state index contributed by atoms with van der Waals surface area (Å²) in [6.45, 7) is 8.82. The van der Waals surface area contributed by atoms with Crippen molar-refractivity contribution in [3.63, 3.8) is 0 Å². The maximum absolute atomic E-state index is 14.6.